The number of fused-ring (bicyclic) bond motifs is 2. The predicted molar refractivity (Wildman–Crippen MR) is 223 cm³/mol. The molecule has 0 heterocycles. The number of anilines is 3. The summed E-state index contributed by atoms with van der Waals surface area (Å²) in [4.78, 5) is 2.35. The first kappa shape index (κ1) is 34.9. The van der Waals surface area contributed by atoms with E-state index < -0.39 is 0 Å². The van der Waals surface area contributed by atoms with Gasteiger partial charge in [0.15, 0.2) is 0 Å². The highest BCUT2D eigenvalue weighted by Crippen LogP contribution is 2.39. The Kier molecular flexibility index (Phi) is 11.7. The number of nitrogens with zero attached hydrogens (tertiary/aromatic N) is 1. The Bertz CT molecular complexity index is 2240. The van der Waals surface area contributed by atoms with Gasteiger partial charge in [0, 0.05) is 16.8 Å². The number of aryl methyl sites for hydroxylation is 2. The van der Waals surface area contributed by atoms with Crippen molar-refractivity contribution in [2.75, 3.05) is 4.90 Å². The van der Waals surface area contributed by atoms with Crippen molar-refractivity contribution in [1.29, 1.82) is 0 Å². The highest BCUT2D eigenvalue weighted by molar-refractivity contribution is 5.99. The van der Waals surface area contributed by atoms with Crippen LogP contribution in [0.1, 0.15) is 42.9 Å². The van der Waals surface area contributed by atoms with E-state index in [0.29, 0.717) is 5.92 Å². The fraction of sp³-hybridized carbons (Fsp3) is 0.120. The Morgan fingerprint density at radius 3 is 1.47 bits per heavy atom. The van der Waals surface area contributed by atoms with Crippen molar-refractivity contribution < 1.29 is 0 Å². The van der Waals surface area contributed by atoms with E-state index in [1.165, 1.54) is 55.0 Å². The lowest BCUT2D eigenvalue weighted by Gasteiger charge is -2.27. The molecule has 1 unspecified atom stereocenters. The number of hydrogen-bond acceptors (Lipinski definition) is 1. The maximum Gasteiger partial charge on any atom is 0.0540 e. The Labute approximate surface area is 304 Å². The molecule has 0 radical (unpaired) electrons. The average molecular weight is 662 g/mol. The van der Waals surface area contributed by atoms with Gasteiger partial charge >= 0.3 is 0 Å². The smallest absolute Gasteiger partial charge is 0.0540 e. The van der Waals surface area contributed by atoms with Crippen molar-refractivity contribution in [1.82, 2.24) is 0 Å². The van der Waals surface area contributed by atoms with Crippen LogP contribution >= 0.6 is 0 Å². The van der Waals surface area contributed by atoms with Gasteiger partial charge in [-0.2, -0.15) is 0 Å². The molecule has 0 N–H and O–H groups in total. The highest BCUT2D eigenvalue weighted by atomic mass is 15.1. The number of para-hydroxylation sites is 1. The van der Waals surface area contributed by atoms with Crippen molar-refractivity contribution in [3.63, 3.8) is 0 Å². The van der Waals surface area contributed by atoms with Gasteiger partial charge in [0.2, 0.25) is 0 Å². The molecule has 0 saturated carbocycles. The second-order valence-corrected chi connectivity index (χ2v) is 13.1. The van der Waals surface area contributed by atoms with Crippen molar-refractivity contribution in [3.8, 4) is 11.1 Å². The van der Waals surface area contributed by atoms with Gasteiger partial charge in [0.25, 0.3) is 0 Å². The molecule has 252 valence electrons. The van der Waals surface area contributed by atoms with Gasteiger partial charge in [-0.15, -0.1) is 0 Å². The predicted octanol–water partition coefficient (Wildman–Crippen LogP) is 14.6. The third-order valence-corrected chi connectivity index (χ3v) is 9.52. The summed E-state index contributed by atoms with van der Waals surface area (Å²) in [6.45, 7) is 8.75. The quantitative estimate of drug-likeness (QED) is 0.171. The van der Waals surface area contributed by atoms with Crippen LogP contribution in [-0.4, -0.2) is 0 Å². The van der Waals surface area contributed by atoms with E-state index >= 15 is 0 Å². The van der Waals surface area contributed by atoms with Crippen LogP contribution in [0.15, 0.2) is 194 Å². The molecule has 0 bridgehead atoms. The molecule has 1 nitrogen and oxygen atoms in total. The summed E-state index contributed by atoms with van der Waals surface area (Å²) in [5, 5.41) is 5.17. The highest BCUT2D eigenvalue weighted by Gasteiger charge is 2.15. The van der Waals surface area contributed by atoms with E-state index in [4.69, 9.17) is 0 Å². The first-order valence-corrected chi connectivity index (χ1v) is 18.0. The topological polar surface area (TPSA) is 3.24 Å². The normalized spacial score (nSPS) is 11.1. The maximum atomic E-state index is 2.35. The van der Waals surface area contributed by atoms with Gasteiger partial charge in [-0.3, -0.25) is 0 Å². The minimum absolute atomic E-state index is 0.599. The summed E-state index contributed by atoms with van der Waals surface area (Å²) in [6.07, 6.45) is 1.16. The molecule has 0 aromatic heterocycles. The van der Waals surface area contributed by atoms with Crippen LogP contribution in [0.2, 0.25) is 0 Å². The van der Waals surface area contributed by atoms with E-state index in [1.807, 2.05) is 18.2 Å². The first-order valence-electron chi connectivity index (χ1n) is 18.0. The Hall–Kier alpha value is -5.92. The summed E-state index contributed by atoms with van der Waals surface area (Å²) in [6, 6.07) is 68.7. The summed E-state index contributed by atoms with van der Waals surface area (Å²) >= 11 is 0. The van der Waals surface area contributed by atoms with Crippen LogP contribution in [-0.2, 0) is 0 Å². The second kappa shape index (κ2) is 17.1. The van der Waals surface area contributed by atoms with E-state index in [-0.39, 0.29) is 0 Å². The third-order valence-electron chi connectivity index (χ3n) is 9.52. The third kappa shape index (κ3) is 8.82. The van der Waals surface area contributed by atoms with Gasteiger partial charge in [0.05, 0.1) is 5.69 Å². The molecule has 0 amide bonds. The van der Waals surface area contributed by atoms with Crippen LogP contribution in [0.3, 0.4) is 0 Å². The molecule has 0 spiro atoms. The van der Waals surface area contributed by atoms with E-state index in [2.05, 4.69) is 209 Å². The lowest BCUT2D eigenvalue weighted by Crippen LogP contribution is -2.10. The fourth-order valence-electron chi connectivity index (χ4n) is 6.37. The van der Waals surface area contributed by atoms with Gasteiger partial charge < -0.3 is 4.90 Å². The SMILES string of the molecule is CCC(C)c1ccc(-c2ccc(N(c3ccccc3)c3cccc4ccccc34)cc2)cc1.Cc1cccc2ccccc12.Cc1ccccc1. The lowest BCUT2D eigenvalue weighted by molar-refractivity contribution is 0.734. The number of benzene rings is 8. The van der Waals surface area contributed by atoms with Crippen molar-refractivity contribution in [3.05, 3.63) is 211 Å². The molecule has 0 saturated heterocycles. The molecule has 0 fully saturated rings. The standard InChI is InChI=1S/C32H29N.C11H10.C7H8/c1-3-24(2)25-16-18-26(19-17-25)27-20-22-30(23-21-27)33(29-12-5-4-6-13-29)32-15-9-11-28-10-7-8-14-31(28)32;1-9-5-4-7-10-6-2-3-8-11(9)10;1-7-5-3-2-4-6-7/h4-24H,3H2,1-2H3;2-8H,1H3;2-6H,1H3. The van der Waals surface area contributed by atoms with E-state index in [9.17, 15) is 0 Å². The average Bonchev–Trinajstić information content (AvgIpc) is 3.20. The second-order valence-electron chi connectivity index (χ2n) is 13.1. The molecular formula is C50H47N. The van der Waals surface area contributed by atoms with Crippen LogP contribution in [0.5, 0.6) is 0 Å². The Morgan fingerprint density at radius 1 is 0.431 bits per heavy atom. The van der Waals surface area contributed by atoms with Crippen LogP contribution < -0.4 is 4.90 Å². The van der Waals surface area contributed by atoms with Crippen molar-refractivity contribution >= 4 is 38.6 Å². The summed E-state index contributed by atoms with van der Waals surface area (Å²) in [7, 11) is 0. The molecular weight excluding hydrogens is 615 g/mol. The van der Waals surface area contributed by atoms with Crippen molar-refractivity contribution in [2.24, 2.45) is 0 Å². The van der Waals surface area contributed by atoms with Gasteiger partial charge in [-0.25, -0.2) is 0 Å². The minimum atomic E-state index is 0.599. The van der Waals surface area contributed by atoms with E-state index in [0.717, 1.165) is 17.8 Å². The zero-order valence-corrected chi connectivity index (χ0v) is 30.2. The van der Waals surface area contributed by atoms with Gasteiger partial charge in [0.1, 0.15) is 0 Å². The minimum Gasteiger partial charge on any atom is -0.310 e. The molecule has 8 aromatic rings. The Morgan fingerprint density at radius 2 is 0.902 bits per heavy atom. The van der Waals surface area contributed by atoms with Crippen LogP contribution in [0, 0.1) is 13.8 Å². The molecule has 1 heteroatoms. The Balaban J connectivity index is 0.000000201. The maximum absolute atomic E-state index is 2.35. The molecule has 8 aromatic carbocycles. The lowest BCUT2D eigenvalue weighted by atomic mass is 9.96. The molecule has 51 heavy (non-hydrogen) atoms. The molecule has 1 atom stereocenters. The summed E-state index contributed by atoms with van der Waals surface area (Å²) in [5.74, 6) is 0.599. The van der Waals surface area contributed by atoms with Gasteiger partial charge in [-0.05, 0) is 94.9 Å². The summed E-state index contributed by atoms with van der Waals surface area (Å²) < 4.78 is 0. The molecule has 0 aliphatic rings. The van der Waals surface area contributed by atoms with Crippen LogP contribution in [0.4, 0.5) is 17.1 Å². The first-order chi connectivity index (χ1) is 25.0. The fourth-order valence-corrected chi connectivity index (χ4v) is 6.37. The van der Waals surface area contributed by atoms with E-state index in [1.54, 1.807) is 0 Å². The zero-order valence-electron chi connectivity index (χ0n) is 30.2. The number of rotatable bonds is 6. The molecule has 8 rings (SSSR count). The molecule has 0 aliphatic carbocycles. The van der Waals surface area contributed by atoms with Crippen LogP contribution in [0.25, 0.3) is 32.7 Å². The number of hydrogen-bond donors (Lipinski definition) is 0. The largest absolute Gasteiger partial charge is 0.310 e. The monoisotopic (exact) mass is 661 g/mol. The van der Waals surface area contributed by atoms with Gasteiger partial charge in [-0.1, -0.05) is 183 Å². The molecule has 0 aliphatic heterocycles. The summed E-state index contributed by atoms with van der Waals surface area (Å²) in [5.41, 5.74) is 10.1. The zero-order chi connectivity index (χ0) is 35.4. The van der Waals surface area contributed by atoms with Crippen molar-refractivity contribution in [2.45, 2.75) is 40.0 Å².